The van der Waals surface area contributed by atoms with Crippen molar-refractivity contribution in [2.24, 2.45) is 0 Å². The minimum atomic E-state index is -0.360. The average Bonchev–Trinajstić information content (AvgIpc) is 3.25. The molecule has 216 valence electrons. The summed E-state index contributed by atoms with van der Waals surface area (Å²) >= 11 is 6.70. The Hall–Kier alpha value is -4.01. The van der Waals surface area contributed by atoms with Gasteiger partial charge >= 0.3 is 0 Å². The molecule has 2 aliphatic heterocycles. The lowest BCUT2D eigenvalue weighted by molar-refractivity contribution is -0.122. The van der Waals surface area contributed by atoms with Crippen LogP contribution in [0.15, 0.2) is 58.2 Å². The van der Waals surface area contributed by atoms with Gasteiger partial charge in [0.05, 0.1) is 11.4 Å². The highest BCUT2D eigenvalue weighted by atomic mass is 32.2. The second-order valence-electron chi connectivity index (χ2n) is 10.2. The van der Waals surface area contributed by atoms with Gasteiger partial charge in [-0.15, -0.1) is 0 Å². The Bertz CT molecular complexity index is 1650. The predicted molar refractivity (Wildman–Crippen MR) is 166 cm³/mol. The monoisotopic (exact) mass is 605 g/mol. The van der Waals surface area contributed by atoms with Crippen molar-refractivity contribution in [2.45, 2.75) is 33.4 Å². The van der Waals surface area contributed by atoms with Crippen LogP contribution in [-0.4, -0.2) is 45.9 Å². The number of nitrogens with zero attached hydrogens (tertiary/aromatic N) is 5. The smallest absolute Gasteiger partial charge is 0.270 e. The van der Waals surface area contributed by atoms with Gasteiger partial charge in [-0.1, -0.05) is 43.0 Å². The molecule has 3 aromatic rings. The molecule has 11 heteroatoms. The van der Waals surface area contributed by atoms with Gasteiger partial charge in [-0.25, -0.2) is 8.78 Å². The van der Waals surface area contributed by atoms with E-state index in [2.05, 4.69) is 15.9 Å². The number of pyridine rings is 1. The summed E-state index contributed by atoms with van der Waals surface area (Å²) in [6, 6.07) is 14.4. The molecule has 2 saturated heterocycles. The van der Waals surface area contributed by atoms with Crippen LogP contribution in [0.1, 0.15) is 35.6 Å². The summed E-state index contributed by atoms with van der Waals surface area (Å²) in [5.41, 5.74) is 2.50. The van der Waals surface area contributed by atoms with E-state index in [4.69, 9.17) is 12.2 Å². The van der Waals surface area contributed by atoms with Gasteiger partial charge in [0.1, 0.15) is 33.4 Å². The zero-order valence-corrected chi connectivity index (χ0v) is 24.9. The minimum Gasteiger partial charge on any atom is -0.368 e. The second-order valence-corrected chi connectivity index (χ2v) is 11.8. The number of hydrogen-bond acceptors (Lipinski definition) is 7. The Labute approximate surface area is 252 Å². The number of piperazine rings is 1. The highest BCUT2D eigenvalue weighted by molar-refractivity contribution is 8.26. The summed E-state index contributed by atoms with van der Waals surface area (Å²) in [5.74, 6) is -0.267. The topological polar surface area (TPSA) is 72.6 Å². The van der Waals surface area contributed by atoms with E-state index in [-0.39, 0.29) is 35.2 Å². The number of thioether (sulfide) groups is 1. The summed E-state index contributed by atoms with van der Waals surface area (Å²) in [6.45, 7) is 6.77. The molecule has 0 unspecified atom stereocenters. The molecule has 0 atom stereocenters. The summed E-state index contributed by atoms with van der Waals surface area (Å²) in [5, 5.41) is 9.92. The van der Waals surface area contributed by atoms with Crippen molar-refractivity contribution in [1.29, 1.82) is 5.26 Å². The largest absolute Gasteiger partial charge is 0.368 e. The van der Waals surface area contributed by atoms with E-state index in [9.17, 15) is 23.6 Å². The minimum absolute atomic E-state index is 0.0465. The third-order valence-corrected chi connectivity index (χ3v) is 8.85. The Balaban J connectivity index is 1.52. The van der Waals surface area contributed by atoms with Crippen LogP contribution in [0.5, 0.6) is 0 Å². The fourth-order valence-corrected chi connectivity index (χ4v) is 6.52. The number of amides is 1. The molecule has 3 heterocycles. The third-order valence-electron chi connectivity index (χ3n) is 7.47. The van der Waals surface area contributed by atoms with E-state index in [1.165, 1.54) is 40.9 Å². The molecule has 2 fully saturated rings. The lowest BCUT2D eigenvalue weighted by Gasteiger charge is -2.39. The molecule has 0 radical (unpaired) electrons. The van der Waals surface area contributed by atoms with E-state index in [0.717, 1.165) is 11.3 Å². The van der Waals surface area contributed by atoms with Gasteiger partial charge in [0.25, 0.3) is 11.5 Å². The number of rotatable bonds is 7. The van der Waals surface area contributed by atoms with Crippen LogP contribution in [-0.2, 0) is 17.9 Å². The number of halogens is 2. The number of carbonyl (C=O) groups is 1. The second kappa shape index (κ2) is 12.5. The van der Waals surface area contributed by atoms with Crippen LogP contribution in [0.25, 0.3) is 6.08 Å². The molecule has 0 N–H and O–H groups in total. The van der Waals surface area contributed by atoms with Crippen LogP contribution in [0.3, 0.4) is 0 Å². The highest BCUT2D eigenvalue weighted by Gasteiger charge is 2.34. The van der Waals surface area contributed by atoms with Gasteiger partial charge in [0, 0.05) is 44.0 Å². The molecule has 42 heavy (non-hydrogen) atoms. The summed E-state index contributed by atoms with van der Waals surface area (Å²) in [6.07, 6.45) is 2.42. The maximum Gasteiger partial charge on any atom is 0.270 e. The van der Waals surface area contributed by atoms with Crippen LogP contribution in [0, 0.1) is 29.9 Å². The van der Waals surface area contributed by atoms with Crippen molar-refractivity contribution in [3.8, 4) is 6.07 Å². The third kappa shape index (κ3) is 5.82. The predicted octanol–water partition coefficient (Wildman–Crippen LogP) is 5.44. The van der Waals surface area contributed by atoms with Crippen LogP contribution in [0.2, 0.25) is 0 Å². The van der Waals surface area contributed by atoms with Crippen LogP contribution < -0.4 is 15.4 Å². The van der Waals surface area contributed by atoms with E-state index in [1.807, 2.05) is 6.92 Å². The first kappa shape index (κ1) is 29.5. The van der Waals surface area contributed by atoms with Gasteiger partial charge in [-0.3, -0.25) is 19.1 Å². The maximum atomic E-state index is 13.5. The molecule has 7 nitrogen and oxygen atoms in total. The Morgan fingerprint density at radius 1 is 0.976 bits per heavy atom. The highest BCUT2D eigenvalue weighted by Crippen LogP contribution is 2.37. The van der Waals surface area contributed by atoms with Crippen molar-refractivity contribution >= 4 is 51.8 Å². The molecule has 5 rings (SSSR count). The number of carbonyl (C=O) groups excluding carboxylic acids is 1. The molecule has 1 aromatic heterocycles. The van der Waals surface area contributed by atoms with Crippen molar-refractivity contribution in [2.75, 3.05) is 36.0 Å². The van der Waals surface area contributed by atoms with E-state index in [1.54, 1.807) is 41.8 Å². The quantitative estimate of drug-likeness (QED) is 0.262. The van der Waals surface area contributed by atoms with Crippen molar-refractivity contribution in [3.05, 3.63) is 97.7 Å². The summed E-state index contributed by atoms with van der Waals surface area (Å²) in [7, 11) is 0. The number of nitriles is 1. The number of thiocarbonyl (C=S) groups is 1. The number of benzene rings is 2. The molecule has 0 spiro atoms. The Morgan fingerprint density at radius 3 is 2.17 bits per heavy atom. The van der Waals surface area contributed by atoms with Crippen LogP contribution in [0.4, 0.5) is 20.3 Å². The van der Waals surface area contributed by atoms with Gasteiger partial charge in [-0.05, 0) is 66.9 Å². The van der Waals surface area contributed by atoms with Gasteiger partial charge < -0.3 is 9.80 Å². The zero-order chi connectivity index (χ0) is 30.0. The van der Waals surface area contributed by atoms with Crippen LogP contribution >= 0.6 is 24.0 Å². The average molecular weight is 606 g/mol. The Morgan fingerprint density at radius 2 is 1.57 bits per heavy atom. The van der Waals surface area contributed by atoms with Gasteiger partial charge in [-0.2, -0.15) is 5.26 Å². The van der Waals surface area contributed by atoms with Crippen molar-refractivity contribution < 1.29 is 13.6 Å². The molecule has 0 bridgehead atoms. The number of anilines is 2. The lowest BCUT2D eigenvalue weighted by atomic mass is 10.0. The fourth-order valence-electron chi connectivity index (χ4n) is 5.28. The normalized spacial score (nSPS) is 16.5. The van der Waals surface area contributed by atoms with Crippen molar-refractivity contribution in [1.82, 2.24) is 9.47 Å². The molecular weight excluding hydrogens is 577 g/mol. The Kier molecular flexibility index (Phi) is 8.75. The number of aromatic nitrogens is 1. The first-order chi connectivity index (χ1) is 20.2. The fraction of sp³-hybridized carbons (Fsp3) is 0.290. The zero-order valence-electron chi connectivity index (χ0n) is 23.3. The summed E-state index contributed by atoms with van der Waals surface area (Å²) in [4.78, 5) is 33.2. The standard InChI is InChI=1S/C31H29F2N5O2S2/c1-3-12-37-28(36-15-13-35(14-16-36)24-10-8-23(33)9-11-24)25(20(2)26(18-34)29(37)39)17-27-30(40)38(31(41)42-27)19-21-4-6-22(32)7-5-21/h4-11,17H,3,12-16,19H2,1-2H3/b27-17-. The molecule has 0 aliphatic carbocycles. The first-order valence-electron chi connectivity index (χ1n) is 13.6. The molecule has 2 aliphatic rings. The molecule has 1 amide bonds. The maximum absolute atomic E-state index is 13.5. The molecule has 0 saturated carbocycles. The van der Waals surface area contributed by atoms with E-state index < -0.39 is 0 Å². The van der Waals surface area contributed by atoms with E-state index in [0.29, 0.717) is 65.3 Å². The SMILES string of the molecule is CCCn1c(N2CCN(c3ccc(F)cc3)CC2)c(/C=C2\SC(=S)N(Cc3ccc(F)cc3)C2=O)c(C)c(C#N)c1=O. The molecular formula is C31H29F2N5O2S2. The molecule has 2 aromatic carbocycles. The van der Waals surface area contributed by atoms with Crippen molar-refractivity contribution in [3.63, 3.8) is 0 Å². The van der Waals surface area contributed by atoms with Gasteiger partial charge in [0.2, 0.25) is 0 Å². The van der Waals surface area contributed by atoms with E-state index >= 15 is 0 Å². The first-order valence-corrected chi connectivity index (χ1v) is 14.9. The lowest BCUT2D eigenvalue weighted by Crippen LogP contribution is -2.48. The summed E-state index contributed by atoms with van der Waals surface area (Å²) < 4.78 is 28.9. The van der Waals surface area contributed by atoms with Gasteiger partial charge in [0.15, 0.2) is 0 Å². The number of hydrogen-bond donors (Lipinski definition) is 0.